The van der Waals surface area contributed by atoms with Crippen LogP contribution in [0.25, 0.3) is 11.2 Å². The van der Waals surface area contributed by atoms with Gasteiger partial charge in [0, 0.05) is 25.3 Å². The number of carboxylic acid groups (broad SMARTS) is 1. The fourth-order valence-corrected chi connectivity index (χ4v) is 2.44. The van der Waals surface area contributed by atoms with Gasteiger partial charge in [0.15, 0.2) is 17.0 Å². The lowest BCUT2D eigenvalue weighted by atomic mass is 10.2. The number of benzene rings is 1. The van der Waals surface area contributed by atoms with Crippen LogP contribution < -0.4 is 16.4 Å². The normalized spacial score (nSPS) is 12.2. The van der Waals surface area contributed by atoms with Gasteiger partial charge in [-0.2, -0.15) is 9.97 Å². The first-order chi connectivity index (χ1) is 12.3. The van der Waals surface area contributed by atoms with Crippen molar-refractivity contribution in [3.63, 3.8) is 0 Å². The Bertz CT molecular complexity index is 972. The minimum absolute atomic E-state index is 0.0172. The van der Waals surface area contributed by atoms with Crippen molar-refractivity contribution in [1.82, 2.24) is 25.0 Å². The number of carboxylic acids is 1. The Kier molecular flexibility index (Phi) is 4.87. The van der Waals surface area contributed by atoms with E-state index in [1.165, 1.54) is 16.8 Å². The van der Waals surface area contributed by atoms with Gasteiger partial charge in [-0.1, -0.05) is 16.8 Å². The first kappa shape index (κ1) is 17.8. The number of anilines is 3. The maximum atomic E-state index is 11.3. The second kappa shape index (κ2) is 7.10. The highest BCUT2D eigenvalue weighted by molar-refractivity contribution is 6.33. The number of aromatic carboxylic acids is 1. The van der Waals surface area contributed by atoms with Crippen molar-refractivity contribution in [2.24, 2.45) is 12.8 Å². The molecule has 2 aromatic heterocycles. The van der Waals surface area contributed by atoms with E-state index in [2.05, 4.69) is 30.9 Å². The largest absolute Gasteiger partial charge is 0.478 e. The molecule has 136 valence electrons. The molecule has 3 rings (SSSR count). The highest BCUT2D eigenvalue weighted by Crippen LogP contribution is 2.26. The summed E-state index contributed by atoms with van der Waals surface area (Å²) in [6.45, 7) is 2.35. The number of hydrogen-bond donors (Lipinski definition) is 4. The molecule has 0 aliphatic rings. The monoisotopic (exact) mass is 376 g/mol. The van der Waals surface area contributed by atoms with E-state index in [1.54, 1.807) is 13.1 Å². The van der Waals surface area contributed by atoms with Crippen LogP contribution in [-0.4, -0.2) is 48.6 Å². The van der Waals surface area contributed by atoms with Crippen molar-refractivity contribution < 1.29 is 9.90 Å². The number of halogens is 1. The van der Waals surface area contributed by atoms with Gasteiger partial charge in [0.25, 0.3) is 0 Å². The lowest BCUT2D eigenvalue weighted by molar-refractivity contribution is 0.0697. The summed E-state index contributed by atoms with van der Waals surface area (Å²) in [4.78, 5) is 20.0. The Morgan fingerprint density at radius 1 is 1.42 bits per heavy atom. The third kappa shape index (κ3) is 3.65. The van der Waals surface area contributed by atoms with E-state index in [0.29, 0.717) is 35.2 Å². The van der Waals surface area contributed by atoms with Crippen molar-refractivity contribution in [2.75, 3.05) is 17.2 Å². The second-order valence-corrected chi connectivity index (χ2v) is 6.17. The summed E-state index contributed by atoms with van der Waals surface area (Å²) in [5.41, 5.74) is 7.20. The zero-order valence-electron chi connectivity index (χ0n) is 14.1. The van der Waals surface area contributed by atoms with Gasteiger partial charge in [0.1, 0.15) is 0 Å². The molecule has 10 nitrogen and oxygen atoms in total. The number of aromatic nitrogens is 5. The summed E-state index contributed by atoms with van der Waals surface area (Å²) in [5.74, 6) is -0.380. The minimum Gasteiger partial charge on any atom is -0.478 e. The van der Waals surface area contributed by atoms with Gasteiger partial charge in [0.2, 0.25) is 5.95 Å². The van der Waals surface area contributed by atoms with Crippen LogP contribution in [0.3, 0.4) is 0 Å². The van der Waals surface area contributed by atoms with Crippen molar-refractivity contribution >= 4 is 46.2 Å². The van der Waals surface area contributed by atoms with Crippen LogP contribution in [0.4, 0.5) is 17.5 Å². The summed E-state index contributed by atoms with van der Waals surface area (Å²) in [7, 11) is 1.71. The third-order valence-corrected chi connectivity index (χ3v) is 3.82. The average molecular weight is 377 g/mol. The Labute approximate surface area is 153 Å². The molecule has 3 aromatic rings. The molecule has 2 heterocycles. The summed E-state index contributed by atoms with van der Waals surface area (Å²) in [6.07, 6.45) is 0. The van der Waals surface area contributed by atoms with Crippen LogP contribution >= 0.6 is 11.6 Å². The molecule has 1 aromatic carbocycles. The molecule has 11 heteroatoms. The van der Waals surface area contributed by atoms with Crippen molar-refractivity contribution in [3.8, 4) is 0 Å². The minimum atomic E-state index is -1.12. The van der Waals surface area contributed by atoms with Gasteiger partial charge < -0.3 is 21.5 Å². The molecule has 0 saturated heterocycles. The Morgan fingerprint density at radius 2 is 2.19 bits per heavy atom. The van der Waals surface area contributed by atoms with Gasteiger partial charge >= 0.3 is 5.97 Å². The zero-order chi connectivity index (χ0) is 18.8. The van der Waals surface area contributed by atoms with E-state index < -0.39 is 5.97 Å². The van der Waals surface area contributed by atoms with Crippen LogP contribution in [0, 0.1) is 0 Å². The van der Waals surface area contributed by atoms with E-state index in [0.717, 1.165) is 0 Å². The summed E-state index contributed by atoms with van der Waals surface area (Å²) < 4.78 is 1.52. The third-order valence-electron chi connectivity index (χ3n) is 3.49. The number of hydrogen-bond acceptors (Lipinski definition) is 8. The van der Waals surface area contributed by atoms with E-state index in [-0.39, 0.29) is 16.6 Å². The highest BCUT2D eigenvalue weighted by atomic mass is 35.5. The van der Waals surface area contributed by atoms with Crippen LogP contribution in [0.5, 0.6) is 0 Å². The smallest absolute Gasteiger partial charge is 0.337 e. The maximum Gasteiger partial charge on any atom is 0.337 e. The van der Waals surface area contributed by atoms with Crippen LogP contribution in [0.1, 0.15) is 17.3 Å². The molecular formula is C15H17ClN8O2. The summed E-state index contributed by atoms with van der Waals surface area (Å²) in [6, 6.07) is 4.49. The van der Waals surface area contributed by atoms with Gasteiger partial charge in [-0.05, 0) is 25.1 Å². The fraction of sp³-hybridized carbons (Fsp3) is 0.267. The van der Waals surface area contributed by atoms with Gasteiger partial charge in [-0.3, -0.25) is 0 Å². The maximum absolute atomic E-state index is 11.3. The first-order valence-electron chi connectivity index (χ1n) is 7.72. The molecule has 1 unspecified atom stereocenters. The quantitative estimate of drug-likeness (QED) is 0.504. The van der Waals surface area contributed by atoms with Gasteiger partial charge in [0.05, 0.1) is 10.6 Å². The van der Waals surface area contributed by atoms with E-state index in [4.69, 9.17) is 17.3 Å². The standard InChI is InChI=1S/C15H17ClN8O2/c1-7(17)6-18-15-20-12(11-13(21-15)24(2)23-22-11)19-8-3-4-10(16)9(5-8)14(25)26/h3-5,7H,6,17H2,1-2H3,(H,25,26)(H2,18,19,20,21). The van der Waals surface area contributed by atoms with E-state index >= 15 is 0 Å². The summed E-state index contributed by atoms with van der Waals surface area (Å²) >= 11 is 5.91. The number of rotatable bonds is 6. The predicted octanol–water partition coefficient (Wildman–Crippen LogP) is 1.61. The molecule has 0 fully saturated rings. The lowest BCUT2D eigenvalue weighted by Gasteiger charge is -2.11. The number of fused-ring (bicyclic) bond motifs is 1. The van der Waals surface area contributed by atoms with Crippen molar-refractivity contribution in [3.05, 3.63) is 28.8 Å². The van der Waals surface area contributed by atoms with Gasteiger partial charge in [-0.15, -0.1) is 5.10 Å². The van der Waals surface area contributed by atoms with Crippen molar-refractivity contribution in [1.29, 1.82) is 0 Å². The molecule has 5 N–H and O–H groups in total. The number of nitrogens with one attached hydrogen (secondary N) is 2. The fourth-order valence-electron chi connectivity index (χ4n) is 2.24. The number of carbonyl (C=O) groups is 1. The van der Waals surface area contributed by atoms with Crippen molar-refractivity contribution in [2.45, 2.75) is 13.0 Å². The van der Waals surface area contributed by atoms with Crippen LogP contribution in [0.2, 0.25) is 5.02 Å². The molecule has 0 bridgehead atoms. The Balaban J connectivity index is 2.01. The average Bonchev–Trinajstić information content (AvgIpc) is 2.96. The Hall–Kier alpha value is -2.98. The van der Waals surface area contributed by atoms with E-state index in [9.17, 15) is 9.90 Å². The highest BCUT2D eigenvalue weighted by Gasteiger charge is 2.15. The first-order valence-corrected chi connectivity index (χ1v) is 8.09. The molecule has 0 radical (unpaired) electrons. The molecule has 26 heavy (non-hydrogen) atoms. The summed E-state index contributed by atoms with van der Waals surface area (Å²) in [5, 5.41) is 23.5. The van der Waals surface area contributed by atoms with Crippen LogP contribution in [-0.2, 0) is 7.05 Å². The number of nitrogens with zero attached hydrogens (tertiary/aromatic N) is 5. The number of aryl methyl sites for hydroxylation is 1. The van der Waals surface area contributed by atoms with Gasteiger partial charge in [-0.25, -0.2) is 9.48 Å². The molecule has 1 atom stereocenters. The second-order valence-electron chi connectivity index (χ2n) is 5.76. The van der Waals surface area contributed by atoms with Crippen LogP contribution in [0.15, 0.2) is 18.2 Å². The Morgan fingerprint density at radius 3 is 2.88 bits per heavy atom. The molecular weight excluding hydrogens is 360 g/mol. The predicted molar refractivity (Wildman–Crippen MR) is 97.9 cm³/mol. The zero-order valence-corrected chi connectivity index (χ0v) is 14.8. The molecule has 0 aliphatic carbocycles. The lowest BCUT2D eigenvalue weighted by Crippen LogP contribution is -2.26. The topological polar surface area (TPSA) is 144 Å². The number of nitrogens with two attached hydrogens (primary N) is 1. The molecule has 0 spiro atoms. The SMILES string of the molecule is CC(N)CNc1nc(Nc2ccc(Cl)c(C(=O)O)c2)c2nnn(C)c2n1. The molecule has 0 amide bonds. The van der Waals surface area contributed by atoms with E-state index in [1.807, 2.05) is 6.92 Å². The molecule has 0 saturated carbocycles. The molecule has 0 aliphatic heterocycles.